The van der Waals surface area contributed by atoms with Gasteiger partial charge in [0.05, 0.1) is 0 Å². The van der Waals surface area contributed by atoms with Crippen molar-refractivity contribution in [1.82, 2.24) is 0 Å². The first kappa shape index (κ1) is 18.8. The van der Waals surface area contributed by atoms with Gasteiger partial charge in [-0.15, -0.1) is 0 Å². The van der Waals surface area contributed by atoms with Crippen molar-refractivity contribution in [2.24, 2.45) is 0 Å². The fourth-order valence-corrected chi connectivity index (χ4v) is 3.08. The van der Waals surface area contributed by atoms with Gasteiger partial charge >= 0.3 is 88.1 Å². The van der Waals surface area contributed by atoms with Gasteiger partial charge in [-0.25, -0.2) is 4.39 Å². The maximum absolute atomic E-state index is 12.1. The van der Waals surface area contributed by atoms with Crippen LogP contribution in [0, 0.1) is 5.82 Å². The fourth-order valence-electron chi connectivity index (χ4n) is 1.53. The van der Waals surface area contributed by atoms with Crippen LogP contribution in [-0.2, 0) is 8.53 Å². The van der Waals surface area contributed by atoms with Gasteiger partial charge < -0.3 is 5.11 Å². The summed E-state index contributed by atoms with van der Waals surface area (Å²) in [5, 5.41) is 20.1. The number of hydrogen-bond acceptors (Lipinski definition) is 4. The van der Waals surface area contributed by atoms with Gasteiger partial charge in [0.15, 0.2) is 11.6 Å². The zero-order valence-corrected chi connectivity index (χ0v) is 13.8. The normalized spacial score (nSPS) is 10.4. The quantitative estimate of drug-likeness (QED) is 0.376. The molecular formula is C14H15AsFNO6. The maximum Gasteiger partial charge on any atom is 0.164 e. The van der Waals surface area contributed by atoms with Gasteiger partial charge in [0.1, 0.15) is 0 Å². The van der Waals surface area contributed by atoms with Gasteiger partial charge in [-0.1, -0.05) is 12.1 Å². The summed E-state index contributed by atoms with van der Waals surface area (Å²) in [5.74, 6) is -1.76. The van der Waals surface area contributed by atoms with Crippen molar-refractivity contribution in [1.29, 1.82) is 0 Å². The number of phenolic OH excluding ortho intramolecular Hbond substituents is 2. The minimum Gasteiger partial charge on any atom is -0.505 e. The number of phenols is 2. The largest absolute Gasteiger partial charge is 0.505 e. The molecule has 0 radical (unpaired) electrons. The van der Waals surface area contributed by atoms with Crippen LogP contribution < -0.4 is 9.67 Å². The molecular weight excluding hydrogens is 372 g/mol. The molecule has 2 aromatic carbocycles. The molecule has 0 aliphatic heterocycles. The summed E-state index contributed by atoms with van der Waals surface area (Å²) in [4.78, 5) is 10.8. The SMILES string of the molecule is CC(=O)Nc1c(O)cccc1[As](=O)(O)O.Oc1ccccc1F. The van der Waals surface area contributed by atoms with Gasteiger partial charge in [-0.05, 0) is 12.1 Å². The van der Waals surface area contributed by atoms with Crippen LogP contribution in [0.25, 0.3) is 0 Å². The number of aromatic hydroxyl groups is 2. The number of hydrogen-bond donors (Lipinski definition) is 5. The molecule has 0 aliphatic rings. The van der Waals surface area contributed by atoms with E-state index in [9.17, 15) is 18.0 Å². The second-order valence-electron chi connectivity index (χ2n) is 4.35. The third-order valence-corrected chi connectivity index (χ3v) is 4.59. The molecule has 5 N–H and O–H groups in total. The molecule has 23 heavy (non-hydrogen) atoms. The van der Waals surface area contributed by atoms with E-state index in [2.05, 4.69) is 5.32 Å². The molecule has 124 valence electrons. The Labute approximate surface area is 134 Å². The van der Waals surface area contributed by atoms with Crippen LogP contribution in [0.5, 0.6) is 11.5 Å². The Hall–Kier alpha value is -2.28. The number of halogens is 1. The van der Waals surface area contributed by atoms with Crippen molar-refractivity contribution < 1.29 is 31.3 Å². The summed E-state index contributed by atoms with van der Waals surface area (Å²) in [7, 11) is 0. The standard InChI is InChI=1S/C8H10AsNO5.C6H5FO/c1-5(11)10-8-6(9(13,14)15)3-2-4-7(8)12;7-5-3-1-2-4-6(5)8/h2-4,12H,1H3,(H,10,11)(H2,13,14,15);1-4,8H. The van der Waals surface area contributed by atoms with Gasteiger partial charge in [-0.3, -0.25) is 0 Å². The van der Waals surface area contributed by atoms with E-state index in [4.69, 9.17) is 13.3 Å². The molecule has 0 atom stereocenters. The minimum absolute atomic E-state index is 0.225. The van der Waals surface area contributed by atoms with E-state index < -0.39 is 25.9 Å². The molecule has 0 heterocycles. The van der Waals surface area contributed by atoms with Crippen LogP contribution in [0.4, 0.5) is 10.1 Å². The Bertz CT molecular complexity index is 725. The molecule has 0 aliphatic carbocycles. The van der Waals surface area contributed by atoms with Gasteiger partial charge in [0.25, 0.3) is 0 Å². The van der Waals surface area contributed by atoms with Crippen LogP contribution in [-0.4, -0.2) is 38.5 Å². The van der Waals surface area contributed by atoms with E-state index in [-0.39, 0.29) is 21.5 Å². The summed E-state index contributed by atoms with van der Waals surface area (Å²) in [5.41, 5.74) is -0.225. The van der Waals surface area contributed by atoms with Crippen LogP contribution in [0.15, 0.2) is 42.5 Å². The molecule has 2 rings (SSSR count). The van der Waals surface area contributed by atoms with Crippen LogP contribution in [0.2, 0.25) is 0 Å². The number of carbonyl (C=O) groups is 1. The number of rotatable bonds is 2. The van der Waals surface area contributed by atoms with Gasteiger partial charge in [0, 0.05) is 0 Å². The molecule has 1 amide bonds. The minimum atomic E-state index is -5.14. The Morgan fingerprint density at radius 2 is 1.61 bits per heavy atom. The first-order chi connectivity index (χ1) is 10.6. The van der Waals surface area contributed by atoms with E-state index >= 15 is 0 Å². The van der Waals surface area contributed by atoms with Crippen molar-refractivity contribution in [2.75, 3.05) is 5.32 Å². The van der Waals surface area contributed by atoms with Crippen molar-refractivity contribution >= 4 is 30.1 Å². The van der Waals surface area contributed by atoms with Crippen molar-refractivity contribution in [3.05, 3.63) is 48.3 Å². The molecule has 0 aromatic heterocycles. The summed E-state index contributed by atoms with van der Waals surface area (Å²) >= 11 is -5.14. The summed E-state index contributed by atoms with van der Waals surface area (Å²) in [6, 6.07) is 9.31. The molecule has 2 aromatic rings. The molecule has 0 saturated heterocycles. The number of para-hydroxylation sites is 2. The summed E-state index contributed by atoms with van der Waals surface area (Å²) in [6.45, 7) is 1.18. The topological polar surface area (TPSA) is 127 Å². The third-order valence-electron chi connectivity index (χ3n) is 2.49. The molecule has 0 spiro atoms. The van der Waals surface area contributed by atoms with E-state index in [1.165, 1.54) is 43.3 Å². The van der Waals surface area contributed by atoms with Crippen LogP contribution >= 0.6 is 0 Å². The Kier molecular flexibility index (Phi) is 6.38. The van der Waals surface area contributed by atoms with Crippen LogP contribution in [0.1, 0.15) is 6.92 Å². The number of carbonyl (C=O) groups excluding carboxylic acids is 1. The summed E-state index contributed by atoms with van der Waals surface area (Å²) < 4.78 is 40.8. The van der Waals surface area contributed by atoms with Crippen LogP contribution in [0.3, 0.4) is 0 Å². The third kappa shape index (κ3) is 5.78. The first-order valence-electron chi connectivity index (χ1n) is 6.22. The summed E-state index contributed by atoms with van der Waals surface area (Å²) in [6.07, 6.45) is 0. The zero-order chi connectivity index (χ0) is 17.6. The molecule has 0 bridgehead atoms. The first-order valence-corrected chi connectivity index (χ1v) is 9.60. The van der Waals surface area contributed by atoms with E-state index in [0.717, 1.165) is 0 Å². The fraction of sp³-hybridized carbons (Fsp3) is 0.0714. The number of benzene rings is 2. The second kappa shape index (κ2) is 7.82. The molecule has 0 fully saturated rings. The Morgan fingerprint density at radius 1 is 1.04 bits per heavy atom. The Morgan fingerprint density at radius 3 is 2.04 bits per heavy atom. The zero-order valence-electron chi connectivity index (χ0n) is 12.0. The van der Waals surface area contributed by atoms with Crippen molar-refractivity contribution in [2.45, 2.75) is 6.92 Å². The monoisotopic (exact) mass is 387 g/mol. The van der Waals surface area contributed by atoms with Gasteiger partial charge in [-0.2, -0.15) is 0 Å². The van der Waals surface area contributed by atoms with E-state index in [1.54, 1.807) is 6.07 Å². The molecule has 7 nitrogen and oxygen atoms in total. The number of amides is 1. The Balaban J connectivity index is 0.000000277. The number of anilines is 1. The average molecular weight is 387 g/mol. The predicted molar refractivity (Wildman–Crippen MR) is 81.0 cm³/mol. The van der Waals surface area contributed by atoms with Crippen molar-refractivity contribution in [3.8, 4) is 11.5 Å². The smallest absolute Gasteiger partial charge is 0.164 e. The number of nitrogens with one attached hydrogen (secondary N) is 1. The molecule has 9 heteroatoms. The van der Waals surface area contributed by atoms with E-state index in [0.29, 0.717) is 0 Å². The molecule has 0 unspecified atom stereocenters. The second-order valence-corrected chi connectivity index (χ2v) is 7.64. The maximum atomic E-state index is 12.1. The predicted octanol–water partition coefficient (Wildman–Crippen LogP) is 0.443. The molecule has 0 saturated carbocycles. The van der Waals surface area contributed by atoms with E-state index in [1.807, 2.05) is 0 Å². The van der Waals surface area contributed by atoms with Gasteiger partial charge in [0.2, 0.25) is 0 Å². The van der Waals surface area contributed by atoms with Crippen molar-refractivity contribution in [3.63, 3.8) is 0 Å². The average Bonchev–Trinajstić information content (AvgIpc) is 2.43.